The number of nitrogens with one attached hydrogen (secondary N) is 1. The molecule has 104 valence electrons. The lowest BCUT2D eigenvalue weighted by Gasteiger charge is -2.06. The Bertz CT molecular complexity index is 417. The van der Waals surface area contributed by atoms with Crippen molar-refractivity contribution in [3.8, 4) is 0 Å². The van der Waals surface area contributed by atoms with Gasteiger partial charge in [-0.3, -0.25) is 9.59 Å². The summed E-state index contributed by atoms with van der Waals surface area (Å²) in [6.45, 7) is 1.23. The molecule has 3 N–H and O–H groups in total. The highest BCUT2D eigenvalue weighted by Gasteiger charge is 2.03. The van der Waals surface area contributed by atoms with Gasteiger partial charge in [0.15, 0.2) is 0 Å². The minimum atomic E-state index is -0.470. The molecule has 0 aromatic heterocycles. The van der Waals surface area contributed by atoms with Gasteiger partial charge in [0.2, 0.25) is 11.8 Å². The van der Waals surface area contributed by atoms with Crippen LogP contribution >= 0.6 is 0 Å². The number of primary amides is 1. The van der Waals surface area contributed by atoms with Crippen LogP contribution in [0, 0.1) is 0 Å². The predicted octanol–water partition coefficient (Wildman–Crippen LogP) is 0.0647. The minimum Gasteiger partial charge on any atom is -0.382 e. The fraction of sp³-hybridized carbons (Fsp3) is 0.385. The molecule has 0 spiro atoms. The third-order valence-electron chi connectivity index (χ3n) is 2.39. The number of benzene rings is 1. The molecule has 1 rings (SSSR count). The van der Waals surface area contributed by atoms with Gasteiger partial charge in [0.25, 0.3) is 0 Å². The molecule has 6 heteroatoms. The van der Waals surface area contributed by atoms with Crippen molar-refractivity contribution in [1.82, 2.24) is 5.32 Å². The lowest BCUT2D eigenvalue weighted by atomic mass is 10.1. The number of hydrogen-bond donors (Lipinski definition) is 2. The number of nitrogens with two attached hydrogens (primary N) is 1. The van der Waals surface area contributed by atoms with Crippen molar-refractivity contribution in [2.24, 2.45) is 5.73 Å². The Morgan fingerprint density at radius 1 is 1.21 bits per heavy atom. The third-order valence-corrected chi connectivity index (χ3v) is 2.39. The number of methoxy groups -OCH3 is 1. The molecule has 0 saturated carbocycles. The monoisotopic (exact) mass is 266 g/mol. The lowest BCUT2D eigenvalue weighted by Crippen LogP contribution is -2.27. The molecule has 0 radical (unpaired) electrons. The predicted molar refractivity (Wildman–Crippen MR) is 69.5 cm³/mol. The van der Waals surface area contributed by atoms with Gasteiger partial charge in [0.05, 0.1) is 13.2 Å². The van der Waals surface area contributed by atoms with E-state index in [9.17, 15) is 9.59 Å². The van der Waals surface area contributed by atoms with E-state index in [0.29, 0.717) is 25.3 Å². The summed E-state index contributed by atoms with van der Waals surface area (Å²) in [5, 5.41) is 2.70. The lowest BCUT2D eigenvalue weighted by molar-refractivity contribution is -0.126. The summed E-state index contributed by atoms with van der Waals surface area (Å²) in [4.78, 5) is 22.3. The molecule has 0 bridgehead atoms. The maximum atomic E-state index is 11.4. The molecule has 0 aliphatic rings. The highest BCUT2D eigenvalue weighted by molar-refractivity contribution is 5.92. The van der Waals surface area contributed by atoms with Crippen LogP contribution in [0.3, 0.4) is 0 Å². The zero-order valence-electron chi connectivity index (χ0n) is 10.8. The van der Waals surface area contributed by atoms with E-state index in [1.807, 2.05) is 0 Å². The van der Waals surface area contributed by atoms with Gasteiger partial charge in [-0.05, 0) is 17.7 Å². The third kappa shape index (κ3) is 5.98. The van der Waals surface area contributed by atoms with Gasteiger partial charge in [-0.2, -0.15) is 0 Å². The van der Waals surface area contributed by atoms with Gasteiger partial charge >= 0.3 is 0 Å². The molecule has 6 nitrogen and oxygen atoms in total. The average molecular weight is 266 g/mol. The van der Waals surface area contributed by atoms with E-state index in [4.69, 9.17) is 15.2 Å². The fourth-order valence-electron chi connectivity index (χ4n) is 1.35. The van der Waals surface area contributed by atoms with Crippen LogP contribution in [0.25, 0.3) is 0 Å². The number of hydrogen-bond acceptors (Lipinski definition) is 4. The van der Waals surface area contributed by atoms with Crippen LogP contribution in [-0.4, -0.2) is 38.7 Å². The van der Waals surface area contributed by atoms with Gasteiger partial charge in [-0.1, -0.05) is 12.1 Å². The number of ether oxygens (including phenoxy) is 2. The summed E-state index contributed by atoms with van der Waals surface area (Å²) in [6.07, 6.45) is 0. The Kier molecular flexibility index (Phi) is 6.56. The number of carbonyl (C=O) groups excluding carboxylic acids is 2. The number of amides is 2. The molecule has 1 aromatic rings. The summed E-state index contributed by atoms with van der Waals surface area (Å²) in [5.74, 6) is -0.669. The molecule has 0 unspecified atom stereocenters. The first-order valence-corrected chi connectivity index (χ1v) is 5.85. The van der Waals surface area contributed by atoms with E-state index >= 15 is 0 Å². The molecule has 1 aromatic carbocycles. The topological polar surface area (TPSA) is 90.7 Å². The second-order valence-corrected chi connectivity index (χ2v) is 3.88. The molecule has 0 aliphatic carbocycles. The van der Waals surface area contributed by atoms with E-state index < -0.39 is 5.91 Å². The van der Waals surface area contributed by atoms with Crippen molar-refractivity contribution in [2.45, 2.75) is 6.54 Å². The fourth-order valence-corrected chi connectivity index (χ4v) is 1.35. The van der Waals surface area contributed by atoms with Gasteiger partial charge in [0, 0.05) is 19.2 Å². The zero-order valence-corrected chi connectivity index (χ0v) is 10.8. The summed E-state index contributed by atoms with van der Waals surface area (Å²) < 4.78 is 9.87. The van der Waals surface area contributed by atoms with Gasteiger partial charge < -0.3 is 20.5 Å². The first kappa shape index (κ1) is 15.1. The second kappa shape index (κ2) is 8.23. The number of rotatable bonds is 8. The maximum absolute atomic E-state index is 11.4. The van der Waals surface area contributed by atoms with Crippen LogP contribution in [0.4, 0.5) is 0 Å². The van der Waals surface area contributed by atoms with Gasteiger partial charge in [0.1, 0.15) is 6.61 Å². The minimum absolute atomic E-state index is 0.00271. The molecule has 19 heavy (non-hydrogen) atoms. The normalized spacial score (nSPS) is 10.2. The molecular formula is C13H18N2O4. The van der Waals surface area contributed by atoms with E-state index in [0.717, 1.165) is 5.56 Å². The second-order valence-electron chi connectivity index (χ2n) is 3.88. The van der Waals surface area contributed by atoms with Crippen LogP contribution in [0.2, 0.25) is 0 Å². The number of carbonyl (C=O) groups is 2. The van der Waals surface area contributed by atoms with Crippen molar-refractivity contribution in [3.63, 3.8) is 0 Å². The van der Waals surface area contributed by atoms with E-state index in [1.54, 1.807) is 31.4 Å². The molecule has 0 fully saturated rings. The molecular weight excluding hydrogens is 248 g/mol. The smallest absolute Gasteiger partial charge is 0.248 e. The average Bonchev–Trinajstić information content (AvgIpc) is 2.42. The van der Waals surface area contributed by atoms with Crippen LogP contribution in [0.15, 0.2) is 24.3 Å². The summed E-state index contributed by atoms with van der Waals surface area (Å²) in [6, 6.07) is 6.73. The molecule has 0 heterocycles. The van der Waals surface area contributed by atoms with Crippen LogP contribution in [0.5, 0.6) is 0 Å². The Morgan fingerprint density at radius 3 is 2.47 bits per heavy atom. The summed E-state index contributed by atoms with van der Waals surface area (Å²) in [7, 11) is 1.57. The van der Waals surface area contributed by atoms with Gasteiger partial charge in [-0.25, -0.2) is 0 Å². The Balaban J connectivity index is 2.28. The van der Waals surface area contributed by atoms with Crippen LogP contribution < -0.4 is 11.1 Å². The molecule has 0 atom stereocenters. The Hall–Kier alpha value is -1.92. The first-order chi connectivity index (χ1) is 9.13. The van der Waals surface area contributed by atoms with Crippen molar-refractivity contribution in [3.05, 3.63) is 35.4 Å². The van der Waals surface area contributed by atoms with Gasteiger partial charge in [-0.15, -0.1) is 0 Å². The Morgan fingerprint density at radius 2 is 1.89 bits per heavy atom. The maximum Gasteiger partial charge on any atom is 0.248 e. The molecule has 0 saturated heterocycles. The van der Waals surface area contributed by atoms with Crippen LogP contribution in [-0.2, 0) is 20.8 Å². The van der Waals surface area contributed by atoms with E-state index in [1.165, 1.54) is 0 Å². The highest BCUT2D eigenvalue weighted by atomic mass is 16.5. The zero-order chi connectivity index (χ0) is 14.1. The quantitative estimate of drug-likeness (QED) is 0.651. The Labute approximate surface area is 111 Å². The van der Waals surface area contributed by atoms with E-state index in [-0.39, 0.29) is 12.5 Å². The standard InChI is InChI=1S/C13H18N2O4/c1-18-6-7-19-9-12(16)15-8-10-2-4-11(5-3-10)13(14)17/h2-5H,6-9H2,1H3,(H2,14,17)(H,15,16). The van der Waals surface area contributed by atoms with Crippen molar-refractivity contribution >= 4 is 11.8 Å². The molecule has 0 aliphatic heterocycles. The summed E-state index contributed by atoms with van der Waals surface area (Å²) in [5.41, 5.74) is 6.46. The first-order valence-electron chi connectivity index (χ1n) is 5.85. The van der Waals surface area contributed by atoms with Crippen molar-refractivity contribution in [2.75, 3.05) is 26.9 Å². The SMILES string of the molecule is COCCOCC(=O)NCc1ccc(C(N)=O)cc1. The van der Waals surface area contributed by atoms with E-state index in [2.05, 4.69) is 5.32 Å². The molecule has 2 amide bonds. The van der Waals surface area contributed by atoms with Crippen molar-refractivity contribution < 1.29 is 19.1 Å². The van der Waals surface area contributed by atoms with Crippen molar-refractivity contribution in [1.29, 1.82) is 0 Å². The highest BCUT2D eigenvalue weighted by Crippen LogP contribution is 2.03. The van der Waals surface area contributed by atoms with Crippen LogP contribution in [0.1, 0.15) is 15.9 Å². The summed E-state index contributed by atoms with van der Waals surface area (Å²) >= 11 is 0. The largest absolute Gasteiger partial charge is 0.382 e.